The van der Waals surface area contributed by atoms with Gasteiger partial charge in [-0.05, 0) is 44.9 Å². The van der Waals surface area contributed by atoms with Crippen LogP contribution in [0, 0.1) is 27.7 Å². The van der Waals surface area contributed by atoms with Gasteiger partial charge in [-0.3, -0.25) is 9.59 Å². The lowest BCUT2D eigenvalue weighted by molar-refractivity contribution is -0.895. The van der Waals surface area contributed by atoms with E-state index in [-0.39, 0.29) is 11.8 Å². The van der Waals surface area contributed by atoms with E-state index in [1.165, 1.54) is 9.78 Å². The first kappa shape index (κ1) is 19.6. The van der Waals surface area contributed by atoms with Crippen LogP contribution in [0.1, 0.15) is 31.2 Å². The summed E-state index contributed by atoms with van der Waals surface area (Å²) in [6.07, 6.45) is 0. The third kappa shape index (κ3) is 4.57. The SMILES string of the molecule is Cc1cc(C(=O)N2CC[NH+](CC(=O)Nc3c(C)cccc3C)CC2)c(C)s1. The van der Waals surface area contributed by atoms with Crippen molar-refractivity contribution in [3.63, 3.8) is 0 Å². The first-order chi connectivity index (χ1) is 12.8. The zero-order chi connectivity index (χ0) is 19.6. The topological polar surface area (TPSA) is 53.9 Å². The van der Waals surface area contributed by atoms with Crippen molar-refractivity contribution in [3.8, 4) is 0 Å². The molecule has 0 bridgehead atoms. The number of aryl methyl sites for hydroxylation is 4. The van der Waals surface area contributed by atoms with Gasteiger partial charge in [0.05, 0.1) is 31.7 Å². The van der Waals surface area contributed by atoms with E-state index in [1.807, 2.05) is 56.9 Å². The van der Waals surface area contributed by atoms with Gasteiger partial charge >= 0.3 is 0 Å². The second-order valence-corrected chi connectivity index (χ2v) is 8.82. The maximum Gasteiger partial charge on any atom is 0.279 e. The Labute approximate surface area is 165 Å². The van der Waals surface area contributed by atoms with Crippen LogP contribution in [-0.2, 0) is 4.79 Å². The quantitative estimate of drug-likeness (QED) is 0.844. The summed E-state index contributed by atoms with van der Waals surface area (Å²) >= 11 is 1.67. The number of para-hydroxylation sites is 1. The number of piperazine rings is 1. The minimum atomic E-state index is 0.0338. The fourth-order valence-electron chi connectivity index (χ4n) is 3.64. The number of amides is 2. The van der Waals surface area contributed by atoms with Crippen molar-refractivity contribution in [1.29, 1.82) is 0 Å². The Morgan fingerprint density at radius 2 is 1.74 bits per heavy atom. The highest BCUT2D eigenvalue weighted by molar-refractivity contribution is 7.12. The molecule has 0 aliphatic carbocycles. The van der Waals surface area contributed by atoms with Gasteiger partial charge in [0, 0.05) is 15.4 Å². The fraction of sp³-hybridized carbons (Fsp3) is 0.429. The number of carbonyl (C=O) groups is 2. The van der Waals surface area contributed by atoms with E-state index in [9.17, 15) is 9.59 Å². The molecule has 1 saturated heterocycles. The normalized spacial score (nSPS) is 15.0. The van der Waals surface area contributed by atoms with Gasteiger partial charge in [0.1, 0.15) is 0 Å². The lowest BCUT2D eigenvalue weighted by atomic mass is 10.1. The van der Waals surface area contributed by atoms with Gasteiger partial charge in [-0.15, -0.1) is 11.3 Å². The van der Waals surface area contributed by atoms with Crippen LogP contribution >= 0.6 is 11.3 Å². The molecule has 1 aliphatic rings. The number of hydrogen-bond donors (Lipinski definition) is 2. The van der Waals surface area contributed by atoms with Crippen molar-refractivity contribution >= 4 is 28.8 Å². The first-order valence-corrected chi connectivity index (χ1v) is 10.2. The Hall–Kier alpha value is -2.18. The van der Waals surface area contributed by atoms with E-state index in [0.717, 1.165) is 40.3 Å². The minimum Gasteiger partial charge on any atom is -0.327 e. The number of anilines is 1. The van der Waals surface area contributed by atoms with Crippen LogP contribution in [0.5, 0.6) is 0 Å². The van der Waals surface area contributed by atoms with Crippen LogP contribution in [-0.4, -0.2) is 49.4 Å². The minimum absolute atomic E-state index is 0.0338. The molecule has 1 aromatic heterocycles. The molecule has 1 aromatic carbocycles. The molecule has 144 valence electrons. The molecule has 0 spiro atoms. The molecule has 2 heterocycles. The predicted molar refractivity (Wildman–Crippen MR) is 110 cm³/mol. The number of hydrogen-bond acceptors (Lipinski definition) is 3. The van der Waals surface area contributed by atoms with Crippen LogP contribution in [0.4, 0.5) is 5.69 Å². The Kier molecular flexibility index (Phi) is 5.97. The van der Waals surface area contributed by atoms with Gasteiger partial charge in [0.15, 0.2) is 6.54 Å². The molecule has 5 nitrogen and oxygen atoms in total. The molecule has 0 saturated carbocycles. The van der Waals surface area contributed by atoms with Crippen LogP contribution in [0.15, 0.2) is 24.3 Å². The van der Waals surface area contributed by atoms with Gasteiger partial charge in [-0.1, -0.05) is 18.2 Å². The second-order valence-electron chi connectivity index (χ2n) is 7.36. The maximum absolute atomic E-state index is 12.7. The molecule has 6 heteroatoms. The van der Waals surface area contributed by atoms with E-state index < -0.39 is 0 Å². The molecule has 1 aliphatic heterocycles. The third-order valence-electron chi connectivity index (χ3n) is 5.19. The van der Waals surface area contributed by atoms with Crippen LogP contribution in [0.25, 0.3) is 0 Å². The average Bonchev–Trinajstić information content (AvgIpc) is 2.96. The lowest BCUT2D eigenvalue weighted by Crippen LogP contribution is -3.15. The number of quaternary nitrogens is 1. The number of carbonyl (C=O) groups excluding carboxylic acids is 2. The standard InChI is InChI=1S/C21H27N3O2S/c1-14-6-5-7-15(2)20(14)22-19(25)13-23-8-10-24(11-9-23)21(26)18-12-16(3)27-17(18)4/h5-7,12H,8-11,13H2,1-4H3,(H,22,25)/p+1. The summed E-state index contributed by atoms with van der Waals surface area (Å²) in [5.74, 6) is 0.155. The number of nitrogens with zero attached hydrogens (tertiary/aromatic N) is 1. The molecule has 1 fully saturated rings. The van der Waals surface area contributed by atoms with Gasteiger partial charge in [-0.25, -0.2) is 0 Å². The van der Waals surface area contributed by atoms with E-state index in [0.29, 0.717) is 19.6 Å². The van der Waals surface area contributed by atoms with Gasteiger partial charge in [-0.2, -0.15) is 0 Å². The van der Waals surface area contributed by atoms with Crippen molar-refractivity contribution in [2.24, 2.45) is 0 Å². The molecule has 2 aromatic rings. The predicted octanol–water partition coefficient (Wildman–Crippen LogP) is 1.96. The number of nitrogens with one attached hydrogen (secondary N) is 2. The Balaban J connectivity index is 1.53. The van der Waals surface area contributed by atoms with Gasteiger partial charge in [0.25, 0.3) is 11.8 Å². The van der Waals surface area contributed by atoms with Crippen molar-refractivity contribution in [3.05, 3.63) is 50.7 Å². The zero-order valence-corrected chi connectivity index (χ0v) is 17.3. The third-order valence-corrected chi connectivity index (χ3v) is 6.15. The molecule has 0 atom stereocenters. The van der Waals surface area contributed by atoms with Crippen LogP contribution < -0.4 is 10.2 Å². The van der Waals surface area contributed by atoms with E-state index in [2.05, 4.69) is 5.32 Å². The maximum atomic E-state index is 12.7. The molecule has 0 unspecified atom stereocenters. The highest BCUT2D eigenvalue weighted by Gasteiger charge is 2.27. The molecular weight excluding hydrogens is 358 g/mol. The Morgan fingerprint density at radius 1 is 1.11 bits per heavy atom. The second kappa shape index (κ2) is 8.23. The highest BCUT2D eigenvalue weighted by Crippen LogP contribution is 2.22. The Bertz CT molecular complexity index is 831. The van der Waals surface area contributed by atoms with Crippen molar-refractivity contribution < 1.29 is 14.5 Å². The van der Waals surface area contributed by atoms with Crippen molar-refractivity contribution in [1.82, 2.24) is 4.90 Å². The molecule has 2 amide bonds. The summed E-state index contributed by atoms with van der Waals surface area (Å²) in [7, 11) is 0. The summed E-state index contributed by atoms with van der Waals surface area (Å²) in [4.78, 5) is 30.6. The summed E-state index contributed by atoms with van der Waals surface area (Å²) in [6, 6.07) is 8.00. The summed E-state index contributed by atoms with van der Waals surface area (Å²) in [5, 5.41) is 3.06. The highest BCUT2D eigenvalue weighted by atomic mass is 32.1. The number of thiophene rings is 1. The number of rotatable bonds is 4. The zero-order valence-electron chi connectivity index (χ0n) is 16.5. The molecule has 0 radical (unpaired) electrons. The Morgan fingerprint density at radius 3 is 2.30 bits per heavy atom. The number of benzene rings is 1. The summed E-state index contributed by atoms with van der Waals surface area (Å²) in [6.45, 7) is 11.5. The van der Waals surface area contributed by atoms with E-state index >= 15 is 0 Å². The molecular formula is C21H28N3O2S+. The van der Waals surface area contributed by atoms with Crippen molar-refractivity contribution in [2.45, 2.75) is 27.7 Å². The van der Waals surface area contributed by atoms with Gasteiger partial charge in [0.2, 0.25) is 0 Å². The van der Waals surface area contributed by atoms with Crippen LogP contribution in [0.3, 0.4) is 0 Å². The summed E-state index contributed by atoms with van der Waals surface area (Å²) < 4.78 is 0. The smallest absolute Gasteiger partial charge is 0.279 e. The first-order valence-electron chi connectivity index (χ1n) is 9.41. The fourth-order valence-corrected chi connectivity index (χ4v) is 4.55. The molecule has 27 heavy (non-hydrogen) atoms. The van der Waals surface area contributed by atoms with Crippen LogP contribution in [0.2, 0.25) is 0 Å². The summed E-state index contributed by atoms with van der Waals surface area (Å²) in [5.41, 5.74) is 3.90. The van der Waals surface area contributed by atoms with E-state index in [1.54, 1.807) is 11.3 Å². The van der Waals surface area contributed by atoms with Gasteiger partial charge < -0.3 is 15.1 Å². The largest absolute Gasteiger partial charge is 0.327 e. The molecule has 3 rings (SSSR count). The molecule has 2 N–H and O–H groups in total. The monoisotopic (exact) mass is 386 g/mol. The van der Waals surface area contributed by atoms with Crippen molar-refractivity contribution in [2.75, 3.05) is 38.0 Å². The lowest BCUT2D eigenvalue weighted by Gasteiger charge is -2.32. The van der Waals surface area contributed by atoms with E-state index in [4.69, 9.17) is 0 Å². The average molecular weight is 387 g/mol.